The Balaban J connectivity index is 2.36. The molecule has 1 heterocycles. The van der Waals surface area contributed by atoms with Crippen LogP contribution in [0.25, 0.3) is 11.1 Å². The van der Waals surface area contributed by atoms with Gasteiger partial charge in [-0.05, 0) is 35.9 Å². The molecule has 1 aromatic carbocycles. The van der Waals surface area contributed by atoms with Crippen molar-refractivity contribution in [3.05, 3.63) is 42.1 Å². The van der Waals surface area contributed by atoms with Crippen molar-refractivity contribution < 1.29 is 9.47 Å². The van der Waals surface area contributed by atoms with Gasteiger partial charge in [-0.25, -0.2) is 4.98 Å². The normalized spacial score (nSPS) is 10.3. The van der Waals surface area contributed by atoms with E-state index in [0.717, 1.165) is 35.5 Å². The van der Waals surface area contributed by atoms with Gasteiger partial charge in [0, 0.05) is 24.4 Å². The molecule has 0 aliphatic carbocycles. The number of pyridine rings is 1. The molecule has 0 amide bonds. The highest BCUT2D eigenvalue weighted by atomic mass is 16.5. The second-order valence-electron chi connectivity index (χ2n) is 4.39. The number of hydrogen-bond acceptors (Lipinski definition) is 4. The van der Waals surface area contributed by atoms with Gasteiger partial charge < -0.3 is 14.8 Å². The molecular formula is C16H20N2O2. The largest absolute Gasteiger partial charge is 0.496 e. The molecule has 0 fully saturated rings. The quantitative estimate of drug-likeness (QED) is 0.878. The van der Waals surface area contributed by atoms with Gasteiger partial charge in [0.15, 0.2) is 0 Å². The molecule has 2 aromatic rings. The maximum absolute atomic E-state index is 5.40. The lowest BCUT2D eigenvalue weighted by atomic mass is 10.0. The topological polar surface area (TPSA) is 43.4 Å². The Kier molecular flexibility index (Phi) is 4.96. The number of benzene rings is 1. The Bertz CT molecular complexity index is 570. The fraction of sp³-hybridized carbons (Fsp3) is 0.312. The summed E-state index contributed by atoms with van der Waals surface area (Å²) >= 11 is 0. The zero-order chi connectivity index (χ0) is 14.4. The van der Waals surface area contributed by atoms with Gasteiger partial charge in [0.05, 0.1) is 14.2 Å². The maximum Gasteiger partial charge on any atom is 0.213 e. The first-order valence-corrected chi connectivity index (χ1v) is 6.66. The summed E-state index contributed by atoms with van der Waals surface area (Å²) in [6.07, 6.45) is 1.75. The van der Waals surface area contributed by atoms with Gasteiger partial charge in [-0.15, -0.1) is 0 Å². The number of rotatable bonds is 6. The molecule has 0 aliphatic rings. The van der Waals surface area contributed by atoms with Crippen LogP contribution in [0.2, 0.25) is 0 Å². The second-order valence-corrected chi connectivity index (χ2v) is 4.39. The highest BCUT2D eigenvalue weighted by Gasteiger charge is 2.06. The molecule has 0 spiro atoms. The first-order valence-electron chi connectivity index (χ1n) is 6.66. The van der Waals surface area contributed by atoms with Gasteiger partial charge >= 0.3 is 0 Å². The second kappa shape index (κ2) is 6.91. The monoisotopic (exact) mass is 272 g/mol. The third-order valence-corrected chi connectivity index (χ3v) is 3.12. The molecule has 0 unspecified atom stereocenters. The van der Waals surface area contributed by atoms with E-state index in [9.17, 15) is 0 Å². The minimum Gasteiger partial charge on any atom is -0.496 e. The summed E-state index contributed by atoms with van der Waals surface area (Å²) < 4.78 is 10.6. The summed E-state index contributed by atoms with van der Waals surface area (Å²) in [6, 6.07) is 10.1. The van der Waals surface area contributed by atoms with Crippen LogP contribution in [0.1, 0.15) is 12.5 Å². The molecule has 0 saturated heterocycles. The van der Waals surface area contributed by atoms with E-state index in [1.54, 1.807) is 20.4 Å². The summed E-state index contributed by atoms with van der Waals surface area (Å²) in [7, 11) is 3.32. The van der Waals surface area contributed by atoms with E-state index in [1.165, 1.54) is 0 Å². The smallest absolute Gasteiger partial charge is 0.213 e. The Hall–Kier alpha value is -2.07. The van der Waals surface area contributed by atoms with Crippen molar-refractivity contribution in [3.8, 4) is 22.8 Å². The van der Waals surface area contributed by atoms with Crippen LogP contribution in [0.15, 0.2) is 36.5 Å². The van der Waals surface area contributed by atoms with Crippen LogP contribution in [0.5, 0.6) is 11.6 Å². The van der Waals surface area contributed by atoms with Gasteiger partial charge in [-0.3, -0.25) is 0 Å². The zero-order valence-electron chi connectivity index (χ0n) is 12.1. The van der Waals surface area contributed by atoms with Crippen molar-refractivity contribution in [1.82, 2.24) is 10.3 Å². The van der Waals surface area contributed by atoms with E-state index in [1.807, 2.05) is 24.3 Å². The number of methoxy groups -OCH3 is 2. The molecule has 4 heteroatoms. The van der Waals surface area contributed by atoms with Crippen LogP contribution < -0.4 is 14.8 Å². The summed E-state index contributed by atoms with van der Waals surface area (Å²) in [5.74, 6) is 1.52. The standard InChI is InChI=1S/C16H20N2O2/c1-4-17-11-14-9-12(5-6-15(14)19-2)13-7-8-18-16(10-13)20-3/h5-10,17H,4,11H2,1-3H3. The lowest BCUT2D eigenvalue weighted by molar-refractivity contribution is 0.398. The van der Waals surface area contributed by atoms with Crippen LogP contribution >= 0.6 is 0 Å². The van der Waals surface area contributed by atoms with Crippen molar-refractivity contribution in [2.45, 2.75) is 13.5 Å². The number of ether oxygens (including phenoxy) is 2. The minimum atomic E-state index is 0.617. The van der Waals surface area contributed by atoms with E-state index in [-0.39, 0.29) is 0 Å². The van der Waals surface area contributed by atoms with E-state index in [2.05, 4.69) is 23.3 Å². The third-order valence-electron chi connectivity index (χ3n) is 3.12. The zero-order valence-corrected chi connectivity index (χ0v) is 12.1. The van der Waals surface area contributed by atoms with Crippen molar-refractivity contribution >= 4 is 0 Å². The molecule has 20 heavy (non-hydrogen) atoms. The molecule has 2 rings (SSSR count). The summed E-state index contributed by atoms with van der Waals surface area (Å²) in [5.41, 5.74) is 3.35. The van der Waals surface area contributed by atoms with E-state index >= 15 is 0 Å². The van der Waals surface area contributed by atoms with Crippen LogP contribution in [-0.2, 0) is 6.54 Å². The lowest BCUT2D eigenvalue weighted by Gasteiger charge is -2.11. The fourth-order valence-electron chi connectivity index (χ4n) is 2.06. The van der Waals surface area contributed by atoms with E-state index in [4.69, 9.17) is 9.47 Å². The average Bonchev–Trinajstić information content (AvgIpc) is 2.52. The molecule has 0 atom stereocenters. The van der Waals surface area contributed by atoms with E-state index < -0.39 is 0 Å². The Morgan fingerprint density at radius 3 is 2.55 bits per heavy atom. The van der Waals surface area contributed by atoms with Crippen LogP contribution in [0.3, 0.4) is 0 Å². The van der Waals surface area contributed by atoms with Crippen molar-refractivity contribution in [3.63, 3.8) is 0 Å². The number of hydrogen-bond donors (Lipinski definition) is 1. The number of nitrogens with zero attached hydrogens (tertiary/aromatic N) is 1. The molecule has 1 aromatic heterocycles. The Morgan fingerprint density at radius 1 is 1.05 bits per heavy atom. The number of aromatic nitrogens is 1. The molecule has 4 nitrogen and oxygen atoms in total. The third kappa shape index (κ3) is 3.27. The molecule has 106 valence electrons. The molecule has 0 bridgehead atoms. The minimum absolute atomic E-state index is 0.617. The number of nitrogens with one attached hydrogen (secondary N) is 1. The summed E-state index contributed by atoms with van der Waals surface area (Å²) in [4.78, 5) is 4.13. The maximum atomic E-state index is 5.40. The summed E-state index contributed by atoms with van der Waals surface area (Å²) in [6.45, 7) is 3.80. The Labute approximate surface area is 119 Å². The van der Waals surface area contributed by atoms with Gasteiger partial charge in [-0.2, -0.15) is 0 Å². The van der Waals surface area contributed by atoms with Gasteiger partial charge in [-0.1, -0.05) is 13.0 Å². The predicted octanol–water partition coefficient (Wildman–Crippen LogP) is 2.88. The van der Waals surface area contributed by atoms with Crippen LogP contribution in [0, 0.1) is 0 Å². The Morgan fingerprint density at radius 2 is 1.85 bits per heavy atom. The highest BCUT2D eigenvalue weighted by molar-refractivity contribution is 5.66. The summed E-state index contributed by atoms with van der Waals surface area (Å²) in [5, 5.41) is 3.32. The molecule has 0 radical (unpaired) electrons. The van der Waals surface area contributed by atoms with Gasteiger partial charge in [0.2, 0.25) is 5.88 Å². The van der Waals surface area contributed by atoms with Crippen molar-refractivity contribution in [2.75, 3.05) is 20.8 Å². The highest BCUT2D eigenvalue weighted by Crippen LogP contribution is 2.27. The lowest BCUT2D eigenvalue weighted by Crippen LogP contribution is -2.12. The average molecular weight is 272 g/mol. The van der Waals surface area contributed by atoms with Gasteiger partial charge in [0.1, 0.15) is 5.75 Å². The fourth-order valence-corrected chi connectivity index (χ4v) is 2.06. The predicted molar refractivity (Wildman–Crippen MR) is 80.2 cm³/mol. The van der Waals surface area contributed by atoms with Crippen LogP contribution in [0.4, 0.5) is 0 Å². The molecular weight excluding hydrogens is 252 g/mol. The van der Waals surface area contributed by atoms with Crippen molar-refractivity contribution in [1.29, 1.82) is 0 Å². The van der Waals surface area contributed by atoms with E-state index in [0.29, 0.717) is 5.88 Å². The molecule has 0 saturated carbocycles. The first-order chi connectivity index (χ1) is 9.78. The molecule has 0 aliphatic heterocycles. The van der Waals surface area contributed by atoms with Gasteiger partial charge in [0.25, 0.3) is 0 Å². The first kappa shape index (κ1) is 14.3. The molecule has 1 N–H and O–H groups in total. The van der Waals surface area contributed by atoms with Crippen LogP contribution in [-0.4, -0.2) is 25.7 Å². The van der Waals surface area contributed by atoms with Crippen molar-refractivity contribution in [2.24, 2.45) is 0 Å². The SMILES string of the molecule is CCNCc1cc(-c2ccnc(OC)c2)ccc1OC.